The quantitative estimate of drug-likeness (QED) is 0.111. The van der Waals surface area contributed by atoms with Gasteiger partial charge in [0.2, 0.25) is 0 Å². The van der Waals surface area contributed by atoms with Gasteiger partial charge in [0, 0.05) is 34.1 Å². The molecule has 0 N–H and O–H groups in total. The second kappa shape index (κ2) is 18.7. The summed E-state index contributed by atoms with van der Waals surface area (Å²) in [6.07, 6.45) is 6.74. The number of allylic oxidation sites excluding steroid dienone is 1. The molecule has 0 aromatic heterocycles. The Labute approximate surface area is 465 Å². The van der Waals surface area contributed by atoms with Crippen LogP contribution in [0.15, 0.2) is 285 Å². The highest BCUT2D eigenvalue weighted by Crippen LogP contribution is 2.51. The molecule has 0 radical (unpaired) electrons. The number of benzene rings is 15. The minimum atomic E-state index is 1.05. The van der Waals surface area contributed by atoms with E-state index in [0.717, 1.165) is 47.0 Å². The fourth-order valence-electron chi connectivity index (χ4n) is 13.1. The summed E-state index contributed by atoms with van der Waals surface area (Å²) in [6, 6.07) is 105. The standard InChI is InChI=1S/C78H52N2/c1-6-20-56-43-62(30-29-51(56)15-1)77-72-41-39-68(80(65-37-33-54-18-4-9-23-59(54)46-65)66-38-34-55-19-5-10-24-60(55)47-66)50-76(72)78(74-48-61-25-11-12-26-69(61)70-27-13-14-28-71(70)74)73-42-40-67(49-75(73)77)79(63-35-31-52-16-2-7-21-57(52)44-63)64-36-32-53-17-3-8-22-58(53)45-64/h1-4,6-18,20-50H,5,19H2. The van der Waals surface area contributed by atoms with E-state index < -0.39 is 0 Å². The van der Waals surface area contributed by atoms with Crippen LogP contribution in [0.1, 0.15) is 17.5 Å². The molecule has 0 amide bonds. The maximum Gasteiger partial charge on any atom is 0.0468 e. The zero-order valence-electron chi connectivity index (χ0n) is 44.0. The van der Waals surface area contributed by atoms with Gasteiger partial charge in [0.1, 0.15) is 0 Å². The van der Waals surface area contributed by atoms with Crippen LogP contribution in [0.3, 0.4) is 0 Å². The van der Waals surface area contributed by atoms with Crippen molar-refractivity contribution >= 4 is 126 Å². The van der Waals surface area contributed by atoms with Gasteiger partial charge in [0.05, 0.1) is 0 Å². The van der Waals surface area contributed by atoms with Crippen LogP contribution >= 0.6 is 0 Å². The van der Waals surface area contributed by atoms with Crippen molar-refractivity contribution in [2.75, 3.05) is 9.80 Å². The first-order chi connectivity index (χ1) is 39.6. The molecule has 0 fully saturated rings. The summed E-state index contributed by atoms with van der Waals surface area (Å²) in [5, 5.41) is 19.4. The molecule has 1 aliphatic rings. The Hall–Kier alpha value is -10.3. The molecular weight excluding hydrogens is 965 g/mol. The summed E-state index contributed by atoms with van der Waals surface area (Å²) in [7, 11) is 0. The number of aryl methyl sites for hydroxylation is 1. The van der Waals surface area contributed by atoms with Crippen molar-refractivity contribution < 1.29 is 0 Å². The largest absolute Gasteiger partial charge is 0.310 e. The topological polar surface area (TPSA) is 6.48 Å². The van der Waals surface area contributed by atoms with Crippen molar-refractivity contribution in [1.82, 2.24) is 0 Å². The van der Waals surface area contributed by atoms with Gasteiger partial charge >= 0.3 is 0 Å². The smallest absolute Gasteiger partial charge is 0.0468 e. The highest BCUT2D eigenvalue weighted by atomic mass is 15.1. The summed E-state index contributed by atoms with van der Waals surface area (Å²) >= 11 is 0. The molecule has 374 valence electrons. The lowest BCUT2D eigenvalue weighted by Gasteiger charge is -2.29. The predicted octanol–water partition coefficient (Wildman–Crippen LogP) is 22.1. The molecule has 0 aliphatic heterocycles. The van der Waals surface area contributed by atoms with E-state index in [2.05, 4.69) is 301 Å². The Morgan fingerprint density at radius 3 is 1.24 bits per heavy atom. The third kappa shape index (κ3) is 7.71. The molecular formula is C78H52N2. The number of rotatable bonds is 8. The van der Waals surface area contributed by atoms with Crippen LogP contribution in [-0.2, 0) is 6.42 Å². The molecule has 0 heterocycles. The number of hydrogen-bond donors (Lipinski definition) is 0. The van der Waals surface area contributed by atoms with Crippen LogP contribution in [0.5, 0.6) is 0 Å². The summed E-state index contributed by atoms with van der Waals surface area (Å²) in [6.45, 7) is 0. The summed E-state index contributed by atoms with van der Waals surface area (Å²) in [4.78, 5) is 4.93. The zero-order chi connectivity index (χ0) is 52.7. The molecule has 15 aromatic rings. The van der Waals surface area contributed by atoms with Crippen molar-refractivity contribution in [3.63, 3.8) is 0 Å². The summed E-state index contributed by atoms with van der Waals surface area (Å²) < 4.78 is 0. The molecule has 1 aliphatic carbocycles. The fourth-order valence-corrected chi connectivity index (χ4v) is 13.1. The Kier molecular flexibility index (Phi) is 10.7. The predicted molar refractivity (Wildman–Crippen MR) is 344 cm³/mol. The normalized spacial score (nSPS) is 12.3. The maximum atomic E-state index is 2.49. The average molecular weight is 1020 g/mol. The molecule has 80 heavy (non-hydrogen) atoms. The first-order valence-electron chi connectivity index (χ1n) is 27.9. The van der Waals surface area contributed by atoms with Gasteiger partial charge in [-0.2, -0.15) is 0 Å². The van der Waals surface area contributed by atoms with Gasteiger partial charge in [-0.05, 0) is 217 Å². The van der Waals surface area contributed by atoms with Crippen molar-refractivity contribution in [3.8, 4) is 22.3 Å². The van der Waals surface area contributed by atoms with E-state index in [0.29, 0.717) is 0 Å². The van der Waals surface area contributed by atoms with Crippen molar-refractivity contribution in [2.24, 2.45) is 0 Å². The molecule has 0 unspecified atom stereocenters. The molecule has 0 atom stereocenters. The Balaban J connectivity index is 1.04. The minimum absolute atomic E-state index is 1.05. The summed E-state index contributed by atoms with van der Waals surface area (Å²) in [5.74, 6) is 0. The molecule has 2 heteroatoms. The first-order valence-corrected chi connectivity index (χ1v) is 27.9. The molecule has 0 spiro atoms. The van der Waals surface area contributed by atoms with E-state index >= 15 is 0 Å². The SMILES string of the molecule is C1=Cc2cc(N(c3ccc4ccccc4c3)c3ccc4c(-c5ccc6ccccc6c5)c5cc(N(c6ccc7ccccc7c6)c6ccc7ccccc7c6)ccc5c(-c5cc6ccccc6c6ccccc56)c4c3)ccc2CC1. The summed E-state index contributed by atoms with van der Waals surface area (Å²) in [5.41, 5.74) is 14.1. The van der Waals surface area contributed by atoms with Gasteiger partial charge in [0.25, 0.3) is 0 Å². The zero-order valence-corrected chi connectivity index (χ0v) is 44.0. The van der Waals surface area contributed by atoms with Crippen LogP contribution in [-0.4, -0.2) is 0 Å². The molecule has 0 saturated carbocycles. The molecule has 0 saturated heterocycles. The van der Waals surface area contributed by atoms with Gasteiger partial charge in [0.15, 0.2) is 0 Å². The molecule has 0 bridgehead atoms. The molecule has 2 nitrogen and oxygen atoms in total. The molecule has 15 aromatic carbocycles. The van der Waals surface area contributed by atoms with E-state index in [1.54, 1.807) is 0 Å². The average Bonchev–Trinajstić information content (AvgIpc) is 3.71. The van der Waals surface area contributed by atoms with Crippen molar-refractivity contribution in [3.05, 3.63) is 296 Å². The second-order valence-electron chi connectivity index (χ2n) is 21.6. The Morgan fingerprint density at radius 1 is 0.250 bits per heavy atom. The Bertz CT molecular complexity index is 4970. The third-order valence-corrected chi connectivity index (χ3v) is 16.9. The van der Waals surface area contributed by atoms with Crippen molar-refractivity contribution in [2.45, 2.75) is 12.8 Å². The van der Waals surface area contributed by atoms with Gasteiger partial charge in [-0.25, -0.2) is 0 Å². The van der Waals surface area contributed by atoms with Gasteiger partial charge < -0.3 is 9.80 Å². The van der Waals surface area contributed by atoms with Crippen molar-refractivity contribution in [1.29, 1.82) is 0 Å². The van der Waals surface area contributed by atoms with Crippen LogP contribution < -0.4 is 9.80 Å². The lowest BCUT2D eigenvalue weighted by Crippen LogP contribution is -2.11. The number of nitrogens with zero attached hydrogens (tertiary/aromatic N) is 2. The monoisotopic (exact) mass is 1020 g/mol. The van der Waals surface area contributed by atoms with Gasteiger partial charge in [-0.1, -0.05) is 206 Å². The number of hydrogen-bond acceptors (Lipinski definition) is 2. The van der Waals surface area contributed by atoms with Gasteiger partial charge in [-0.3, -0.25) is 0 Å². The number of anilines is 6. The highest BCUT2D eigenvalue weighted by molar-refractivity contribution is 6.27. The van der Waals surface area contributed by atoms with E-state index in [1.807, 2.05) is 0 Å². The van der Waals surface area contributed by atoms with Crippen LogP contribution in [0.25, 0.3) is 115 Å². The lowest BCUT2D eigenvalue weighted by atomic mass is 9.83. The molecule has 16 rings (SSSR count). The lowest BCUT2D eigenvalue weighted by molar-refractivity contribution is 0.985. The van der Waals surface area contributed by atoms with Crippen LogP contribution in [0, 0.1) is 0 Å². The third-order valence-electron chi connectivity index (χ3n) is 16.9. The van der Waals surface area contributed by atoms with Crippen LogP contribution in [0.4, 0.5) is 34.1 Å². The van der Waals surface area contributed by atoms with Gasteiger partial charge in [-0.15, -0.1) is 0 Å². The minimum Gasteiger partial charge on any atom is -0.310 e. The van der Waals surface area contributed by atoms with E-state index in [9.17, 15) is 0 Å². The van der Waals surface area contributed by atoms with E-state index in [-0.39, 0.29) is 0 Å². The van der Waals surface area contributed by atoms with E-state index in [4.69, 9.17) is 0 Å². The number of fused-ring (bicyclic) bond motifs is 10. The first kappa shape index (κ1) is 45.9. The maximum absolute atomic E-state index is 2.49. The second-order valence-corrected chi connectivity index (χ2v) is 21.6. The highest BCUT2D eigenvalue weighted by Gasteiger charge is 2.25. The van der Waals surface area contributed by atoms with E-state index in [1.165, 1.54) is 120 Å². The van der Waals surface area contributed by atoms with Crippen LogP contribution in [0.2, 0.25) is 0 Å². The Morgan fingerprint density at radius 2 is 0.662 bits per heavy atom. The fraction of sp³-hybridized carbons (Fsp3) is 0.0256.